The number of hydrogen-bond acceptors (Lipinski definition) is 4. The minimum absolute atomic E-state index is 0.354. The SMILES string of the molecule is COc1cc(Cl)c(C)cc1NC(=O)CN(c1ccc(C)cc1)S(C)(=O)=O. The predicted molar refractivity (Wildman–Crippen MR) is 105 cm³/mol. The Bertz CT molecular complexity index is 912. The number of sulfonamides is 1. The molecule has 1 N–H and O–H groups in total. The first-order valence-corrected chi connectivity index (χ1v) is 10.0. The van der Waals surface area contributed by atoms with E-state index in [1.54, 1.807) is 43.3 Å². The molecule has 2 aromatic rings. The molecule has 0 aliphatic carbocycles. The van der Waals surface area contributed by atoms with Crippen molar-refractivity contribution >= 4 is 38.9 Å². The highest BCUT2D eigenvalue weighted by Crippen LogP contribution is 2.31. The van der Waals surface area contributed by atoms with Crippen molar-refractivity contribution < 1.29 is 17.9 Å². The molecule has 1 amide bonds. The Labute approximate surface area is 158 Å². The van der Waals surface area contributed by atoms with Crippen LogP contribution in [0.3, 0.4) is 0 Å². The van der Waals surface area contributed by atoms with Gasteiger partial charge in [-0.3, -0.25) is 9.10 Å². The molecule has 0 unspecified atom stereocenters. The molecule has 0 atom stereocenters. The molecule has 6 nitrogen and oxygen atoms in total. The van der Waals surface area contributed by atoms with Gasteiger partial charge in [-0.2, -0.15) is 0 Å². The van der Waals surface area contributed by atoms with Crippen LogP contribution in [0.5, 0.6) is 5.75 Å². The van der Waals surface area contributed by atoms with Crippen LogP contribution in [0.15, 0.2) is 36.4 Å². The number of anilines is 2. The molecule has 0 spiro atoms. The van der Waals surface area contributed by atoms with Gasteiger partial charge in [0, 0.05) is 11.1 Å². The van der Waals surface area contributed by atoms with Crippen molar-refractivity contribution in [2.45, 2.75) is 13.8 Å². The molecule has 0 heterocycles. The summed E-state index contributed by atoms with van der Waals surface area (Å²) in [6.07, 6.45) is 1.06. The van der Waals surface area contributed by atoms with Crippen LogP contribution < -0.4 is 14.4 Å². The highest BCUT2D eigenvalue weighted by Gasteiger charge is 2.21. The Morgan fingerprint density at radius 1 is 1.19 bits per heavy atom. The zero-order chi connectivity index (χ0) is 19.5. The molecule has 0 radical (unpaired) electrons. The van der Waals surface area contributed by atoms with Crippen LogP contribution in [0.2, 0.25) is 5.02 Å². The summed E-state index contributed by atoms with van der Waals surface area (Å²) in [6.45, 7) is 3.34. The number of benzene rings is 2. The molecule has 0 aliphatic heterocycles. The third-order valence-corrected chi connectivity index (χ3v) is 5.31. The predicted octanol–water partition coefficient (Wildman–Crippen LogP) is 3.37. The second-order valence-electron chi connectivity index (χ2n) is 5.96. The number of carbonyl (C=O) groups is 1. The molecule has 0 saturated carbocycles. The van der Waals surface area contributed by atoms with Crippen LogP contribution in [0.25, 0.3) is 0 Å². The van der Waals surface area contributed by atoms with Crippen LogP contribution >= 0.6 is 11.6 Å². The van der Waals surface area contributed by atoms with Gasteiger partial charge in [-0.15, -0.1) is 0 Å². The zero-order valence-corrected chi connectivity index (χ0v) is 16.6. The summed E-state index contributed by atoms with van der Waals surface area (Å²) in [5, 5.41) is 3.20. The van der Waals surface area contributed by atoms with Gasteiger partial charge in [0.2, 0.25) is 15.9 Å². The molecule has 0 aromatic heterocycles. The number of methoxy groups -OCH3 is 1. The first-order valence-electron chi connectivity index (χ1n) is 7.80. The van der Waals surface area contributed by atoms with E-state index in [-0.39, 0.29) is 6.54 Å². The molecular formula is C18H21ClN2O4S. The van der Waals surface area contributed by atoms with E-state index in [1.807, 2.05) is 6.92 Å². The number of nitrogens with one attached hydrogen (secondary N) is 1. The summed E-state index contributed by atoms with van der Waals surface area (Å²) in [7, 11) is -2.16. The lowest BCUT2D eigenvalue weighted by atomic mass is 10.2. The van der Waals surface area contributed by atoms with Gasteiger partial charge in [0.15, 0.2) is 0 Å². The van der Waals surface area contributed by atoms with Crippen molar-refractivity contribution in [1.82, 2.24) is 0 Å². The fourth-order valence-electron chi connectivity index (χ4n) is 2.36. The van der Waals surface area contributed by atoms with Crippen molar-refractivity contribution in [2.24, 2.45) is 0 Å². The molecule has 2 rings (SSSR count). The van der Waals surface area contributed by atoms with Gasteiger partial charge in [0.1, 0.15) is 12.3 Å². The maximum Gasteiger partial charge on any atom is 0.245 e. The fourth-order valence-corrected chi connectivity index (χ4v) is 3.37. The van der Waals surface area contributed by atoms with E-state index in [9.17, 15) is 13.2 Å². The van der Waals surface area contributed by atoms with Crippen LogP contribution in [-0.4, -0.2) is 34.2 Å². The standard InChI is InChI=1S/C18H21ClN2O4S/c1-12-5-7-14(8-6-12)21(26(4,23)24)11-18(22)20-16-9-13(2)15(19)10-17(16)25-3/h5-10H,11H2,1-4H3,(H,20,22). The lowest BCUT2D eigenvalue weighted by Crippen LogP contribution is -2.37. The topological polar surface area (TPSA) is 75.7 Å². The summed E-state index contributed by atoms with van der Waals surface area (Å²) in [4.78, 5) is 12.5. The van der Waals surface area contributed by atoms with Gasteiger partial charge < -0.3 is 10.1 Å². The first kappa shape index (κ1) is 20.1. The van der Waals surface area contributed by atoms with Crippen LogP contribution in [-0.2, 0) is 14.8 Å². The summed E-state index contributed by atoms with van der Waals surface area (Å²) >= 11 is 6.06. The Hall–Kier alpha value is -2.25. The number of ether oxygens (including phenoxy) is 1. The third-order valence-electron chi connectivity index (χ3n) is 3.76. The minimum atomic E-state index is -3.63. The van der Waals surface area contributed by atoms with E-state index in [0.29, 0.717) is 22.1 Å². The molecular weight excluding hydrogens is 376 g/mol. The second kappa shape index (κ2) is 7.97. The third kappa shape index (κ3) is 4.89. The number of amides is 1. The maximum absolute atomic E-state index is 12.5. The molecule has 0 bridgehead atoms. The van der Waals surface area contributed by atoms with Crippen molar-refractivity contribution in [1.29, 1.82) is 0 Å². The number of rotatable bonds is 6. The molecule has 8 heteroatoms. The van der Waals surface area contributed by atoms with Crippen molar-refractivity contribution in [3.63, 3.8) is 0 Å². The van der Waals surface area contributed by atoms with Crippen molar-refractivity contribution in [2.75, 3.05) is 29.5 Å². The minimum Gasteiger partial charge on any atom is -0.495 e. The number of hydrogen-bond donors (Lipinski definition) is 1. The van der Waals surface area contributed by atoms with E-state index < -0.39 is 15.9 Å². The van der Waals surface area contributed by atoms with Gasteiger partial charge >= 0.3 is 0 Å². The Morgan fingerprint density at radius 2 is 1.81 bits per heavy atom. The van der Waals surface area contributed by atoms with E-state index in [2.05, 4.69) is 5.32 Å². The normalized spacial score (nSPS) is 11.1. The Morgan fingerprint density at radius 3 is 2.35 bits per heavy atom. The summed E-state index contributed by atoms with van der Waals surface area (Å²) in [5.41, 5.74) is 2.61. The Kier molecular flexibility index (Phi) is 6.15. The van der Waals surface area contributed by atoms with Gasteiger partial charge in [0.25, 0.3) is 0 Å². The highest BCUT2D eigenvalue weighted by molar-refractivity contribution is 7.92. The largest absolute Gasteiger partial charge is 0.495 e. The quantitative estimate of drug-likeness (QED) is 0.812. The van der Waals surface area contributed by atoms with E-state index >= 15 is 0 Å². The fraction of sp³-hybridized carbons (Fsp3) is 0.278. The molecule has 2 aromatic carbocycles. The van der Waals surface area contributed by atoms with E-state index in [1.165, 1.54) is 7.11 Å². The second-order valence-corrected chi connectivity index (χ2v) is 8.27. The van der Waals surface area contributed by atoms with Gasteiger partial charge in [-0.05, 0) is 37.6 Å². The van der Waals surface area contributed by atoms with Crippen LogP contribution in [0.4, 0.5) is 11.4 Å². The van der Waals surface area contributed by atoms with Crippen LogP contribution in [0.1, 0.15) is 11.1 Å². The van der Waals surface area contributed by atoms with Gasteiger partial charge in [-0.25, -0.2) is 8.42 Å². The number of nitrogens with zero attached hydrogens (tertiary/aromatic N) is 1. The van der Waals surface area contributed by atoms with Crippen LogP contribution in [0, 0.1) is 13.8 Å². The number of halogens is 1. The molecule has 0 saturated heterocycles. The summed E-state index contributed by atoms with van der Waals surface area (Å²) < 4.78 is 30.5. The lowest BCUT2D eigenvalue weighted by molar-refractivity contribution is -0.114. The van der Waals surface area contributed by atoms with Crippen molar-refractivity contribution in [3.05, 3.63) is 52.5 Å². The number of aryl methyl sites for hydroxylation is 2. The van der Waals surface area contributed by atoms with Gasteiger partial charge in [-0.1, -0.05) is 29.3 Å². The first-order chi connectivity index (χ1) is 12.1. The van der Waals surface area contributed by atoms with E-state index in [0.717, 1.165) is 21.7 Å². The molecule has 140 valence electrons. The highest BCUT2D eigenvalue weighted by atomic mass is 35.5. The summed E-state index contributed by atoms with van der Waals surface area (Å²) in [6, 6.07) is 10.2. The average molecular weight is 397 g/mol. The lowest BCUT2D eigenvalue weighted by Gasteiger charge is -2.22. The monoisotopic (exact) mass is 396 g/mol. The Balaban J connectivity index is 2.26. The molecule has 0 aliphatic rings. The zero-order valence-electron chi connectivity index (χ0n) is 15.0. The van der Waals surface area contributed by atoms with Gasteiger partial charge in [0.05, 0.1) is 24.7 Å². The molecule has 0 fully saturated rings. The van der Waals surface area contributed by atoms with Crippen molar-refractivity contribution in [3.8, 4) is 5.75 Å². The molecule has 26 heavy (non-hydrogen) atoms. The number of carbonyl (C=O) groups excluding carboxylic acids is 1. The maximum atomic E-state index is 12.5. The van der Waals surface area contributed by atoms with E-state index in [4.69, 9.17) is 16.3 Å². The smallest absolute Gasteiger partial charge is 0.245 e. The average Bonchev–Trinajstić information content (AvgIpc) is 2.56. The summed E-state index contributed by atoms with van der Waals surface area (Å²) in [5.74, 6) is -0.0915.